The number of phosphoric acid groups is 1. The summed E-state index contributed by atoms with van der Waals surface area (Å²) in [5, 5.41) is 0. The summed E-state index contributed by atoms with van der Waals surface area (Å²) in [7, 11) is -3.19. The SMILES string of the molecule is CCCCCCCCCCCCCCCCCCCCCCCCCCC(=O)OC(COC(=O)CCCCCCCCCCCCCCCCCCCCCC)COP(=O)(O)OC. The Bertz CT molecular complexity index is 993. The minimum absolute atomic E-state index is 0.215. The van der Waals surface area contributed by atoms with Gasteiger partial charge in [0.05, 0.1) is 6.61 Å². The first kappa shape index (κ1) is 62.1. The zero-order chi connectivity index (χ0) is 46.0. The fraction of sp³-hybridized carbons (Fsp3) is 0.963. The van der Waals surface area contributed by atoms with Crippen molar-refractivity contribution in [1.82, 2.24) is 0 Å². The largest absolute Gasteiger partial charge is 0.472 e. The lowest BCUT2D eigenvalue weighted by molar-refractivity contribution is -0.161. The lowest BCUT2D eigenvalue weighted by atomic mass is 10.0. The number of hydrogen-bond donors (Lipinski definition) is 1. The molecule has 0 aromatic rings. The third-order valence-corrected chi connectivity index (χ3v) is 13.8. The van der Waals surface area contributed by atoms with Gasteiger partial charge in [-0.1, -0.05) is 284 Å². The normalized spacial score (nSPS) is 13.0. The fourth-order valence-corrected chi connectivity index (χ4v) is 9.07. The van der Waals surface area contributed by atoms with Gasteiger partial charge in [0.2, 0.25) is 0 Å². The minimum atomic E-state index is -4.26. The lowest BCUT2D eigenvalue weighted by Gasteiger charge is -2.19. The molecule has 2 unspecified atom stereocenters. The van der Waals surface area contributed by atoms with Gasteiger partial charge in [0.1, 0.15) is 6.61 Å². The molecular formula is C54H107O8P. The number of rotatable bonds is 53. The predicted molar refractivity (Wildman–Crippen MR) is 267 cm³/mol. The number of carbonyl (C=O) groups excluding carboxylic acids is 2. The zero-order valence-electron chi connectivity index (χ0n) is 42.3. The van der Waals surface area contributed by atoms with Crippen molar-refractivity contribution in [1.29, 1.82) is 0 Å². The molecule has 0 aliphatic carbocycles. The van der Waals surface area contributed by atoms with Crippen LogP contribution in [-0.2, 0) is 32.7 Å². The van der Waals surface area contributed by atoms with E-state index in [1.165, 1.54) is 244 Å². The summed E-state index contributed by atoms with van der Waals surface area (Å²) in [6.45, 7) is 3.96. The monoisotopic (exact) mass is 915 g/mol. The molecule has 63 heavy (non-hydrogen) atoms. The highest BCUT2D eigenvalue weighted by atomic mass is 31.2. The molecule has 0 aromatic carbocycles. The maximum atomic E-state index is 12.6. The number of carbonyl (C=O) groups is 2. The summed E-state index contributed by atoms with van der Waals surface area (Å²) in [4.78, 5) is 34.7. The van der Waals surface area contributed by atoms with Crippen LogP contribution in [0.3, 0.4) is 0 Å². The highest BCUT2D eigenvalue weighted by Gasteiger charge is 2.24. The summed E-state index contributed by atoms with van der Waals surface area (Å²) in [6, 6.07) is 0. The number of esters is 2. The van der Waals surface area contributed by atoms with E-state index in [4.69, 9.17) is 14.0 Å². The first-order valence-electron chi connectivity index (χ1n) is 27.7. The van der Waals surface area contributed by atoms with E-state index in [-0.39, 0.29) is 25.6 Å². The highest BCUT2D eigenvalue weighted by molar-refractivity contribution is 7.47. The van der Waals surface area contributed by atoms with Gasteiger partial charge in [-0.2, -0.15) is 0 Å². The van der Waals surface area contributed by atoms with Crippen molar-refractivity contribution in [3.05, 3.63) is 0 Å². The molecule has 9 heteroatoms. The molecule has 0 radical (unpaired) electrons. The lowest BCUT2D eigenvalue weighted by Crippen LogP contribution is -2.29. The summed E-state index contributed by atoms with van der Waals surface area (Å²) >= 11 is 0. The Balaban J connectivity index is 3.79. The van der Waals surface area contributed by atoms with E-state index in [1.807, 2.05) is 0 Å². The summed E-state index contributed by atoms with van der Waals surface area (Å²) in [6.07, 6.45) is 57.5. The quantitative estimate of drug-likeness (QED) is 0.0365. The third kappa shape index (κ3) is 50.3. The van der Waals surface area contributed by atoms with Crippen LogP contribution in [0, 0.1) is 0 Å². The van der Waals surface area contributed by atoms with Crippen LogP contribution in [0.15, 0.2) is 0 Å². The van der Waals surface area contributed by atoms with E-state index in [1.54, 1.807) is 0 Å². The molecule has 2 atom stereocenters. The number of phosphoric ester groups is 1. The average molecular weight is 915 g/mol. The highest BCUT2D eigenvalue weighted by Crippen LogP contribution is 2.42. The Morgan fingerprint density at radius 1 is 0.381 bits per heavy atom. The molecule has 0 aromatic heterocycles. The molecule has 0 heterocycles. The van der Waals surface area contributed by atoms with Gasteiger partial charge in [-0.3, -0.25) is 18.6 Å². The molecular weight excluding hydrogens is 808 g/mol. The van der Waals surface area contributed by atoms with Crippen LogP contribution < -0.4 is 0 Å². The third-order valence-electron chi connectivity index (χ3n) is 12.9. The van der Waals surface area contributed by atoms with Crippen LogP contribution in [0.25, 0.3) is 0 Å². The Morgan fingerprint density at radius 2 is 0.619 bits per heavy atom. The van der Waals surface area contributed by atoms with Gasteiger partial charge < -0.3 is 14.4 Å². The van der Waals surface area contributed by atoms with Crippen molar-refractivity contribution in [3.63, 3.8) is 0 Å². The molecule has 1 N–H and O–H groups in total. The van der Waals surface area contributed by atoms with Crippen LogP contribution in [-0.4, -0.2) is 43.3 Å². The molecule has 0 aliphatic heterocycles. The van der Waals surface area contributed by atoms with Crippen molar-refractivity contribution in [2.24, 2.45) is 0 Å². The summed E-state index contributed by atoms with van der Waals surface area (Å²) in [5.74, 6) is -0.778. The van der Waals surface area contributed by atoms with E-state index >= 15 is 0 Å². The van der Waals surface area contributed by atoms with Crippen molar-refractivity contribution in [2.45, 2.75) is 315 Å². The van der Waals surface area contributed by atoms with Crippen LogP contribution in [0.5, 0.6) is 0 Å². The standard InChI is InChI=1S/C54H107O8P/c1-4-6-8-10-12-14-16-18-20-22-24-26-27-28-29-31-33-35-37-39-41-43-45-47-49-54(56)62-52(51-61-63(57,58)59-3)50-60-53(55)48-46-44-42-40-38-36-34-32-30-25-23-21-19-17-15-13-11-9-7-5-2/h52H,4-51H2,1-3H3,(H,57,58). The first-order valence-corrected chi connectivity index (χ1v) is 29.2. The maximum absolute atomic E-state index is 12.6. The Hall–Kier alpha value is -0.950. The number of hydrogen-bond acceptors (Lipinski definition) is 7. The van der Waals surface area contributed by atoms with E-state index in [0.29, 0.717) is 6.42 Å². The molecule has 0 fully saturated rings. The maximum Gasteiger partial charge on any atom is 0.472 e. The topological polar surface area (TPSA) is 108 Å². The second-order valence-electron chi connectivity index (χ2n) is 19.1. The Morgan fingerprint density at radius 3 is 0.873 bits per heavy atom. The smallest absolute Gasteiger partial charge is 0.462 e. The molecule has 0 amide bonds. The van der Waals surface area contributed by atoms with Gasteiger partial charge in [0.25, 0.3) is 0 Å². The molecule has 376 valence electrons. The molecule has 0 aliphatic rings. The van der Waals surface area contributed by atoms with Crippen molar-refractivity contribution in [3.8, 4) is 0 Å². The van der Waals surface area contributed by atoms with E-state index in [0.717, 1.165) is 45.6 Å². The average Bonchev–Trinajstić information content (AvgIpc) is 3.28. The number of ether oxygens (including phenoxy) is 2. The van der Waals surface area contributed by atoms with Gasteiger partial charge in [0.15, 0.2) is 6.10 Å². The van der Waals surface area contributed by atoms with E-state index in [2.05, 4.69) is 18.4 Å². The van der Waals surface area contributed by atoms with E-state index in [9.17, 15) is 19.0 Å². The van der Waals surface area contributed by atoms with Gasteiger partial charge in [-0.25, -0.2) is 4.57 Å². The minimum Gasteiger partial charge on any atom is -0.462 e. The van der Waals surface area contributed by atoms with Crippen molar-refractivity contribution >= 4 is 19.8 Å². The summed E-state index contributed by atoms with van der Waals surface area (Å²) in [5.41, 5.74) is 0. The molecule has 0 saturated carbocycles. The van der Waals surface area contributed by atoms with Crippen LogP contribution in [0.2, 0.25) is 0 Å². The molecule has 0 spiro atoms. The molecule has 8 nitrogen and oxygen atoms in total. The Kier molecular flexibility index (Phi) is 49.7. The van der Waals surface area contributed by atoms with Gasteiger partial charge >= 0.3 is 19.8 Å². The van der Waals surface area contributed by atoms with Crippen LogP contribution >= 0.6 is 7.82 Å². The predicted octanol–water partition coefficient (Wildman–Crippen LogP) is 18.2. The van der Waals surface area contributed by atoms with Crippen molar-refractivity contribution < 1.29 is 37.6 Å². The van der Waals surface area contributed by atoms with E-state index < -0.39 is 19.9 Å². The van der Waals surface area contributed by atoms with Gasteiger partial charge in [-0.15, -0.1) is 0 Å². The van der Waals surface area contributed by atoms with Gasteiger partial charge in [-0.05, 0) is 12.8 Å². The van der Waals surface area contributed by atoms with Crippen LogP contribution in [0.1, 0.15) is 309 Å². The Labute approximate surface area is 391 Å². The molecule has 0 rings (SSSR count). The zero-order valence-corrected chi connectivity index (χ0v) is 43.2. The van der Waals surface area contributed by atoms with Crippen molar-refractivity contribution in [2.75, 3.05) is 20.3 Å². The van der Waals surface area contributed by atoms with Crippen LogP contribution in [0.4, 0.5) is 0 Å². The molecule has 0 bridgehead atoms. The summed E-state index contributed by atoms with van der Waals surface area (Å²) < 4.78 is 32.2. The second-order valence-corrected chi connectivity index (χ2v) is 20.7. The number of unbranched alkanes of at least 4 members (excludes halogenated alkanes) is 42. The molecule has 0 saturated heterocycles. The second kappa shape index (κ2) is 50.5. The van der Waals surface area contributed by atoms with Gasteiger partial charge in [0, 0.05) is 20.0 Å². The first-order chi connectivity index (χ1) is 30.8. The fourth-order valence-electron chi connectivity index (χ4n) is 8.61.